The fourth-order valence-electron chi connectivity index (χ4n) is 2.19. The highest BCUT2D eigenvalue weighted by molar-refractivity contribution is 7.89. The van der Waals surface area contributed by atoms with Crippen molar-refractivity contribution in [1.82, 2.24) is 5.32 Å². The smallest absolute Gasteiger partial charge is 0.251 e. The van der Waals surface area contributed by atoms with Gasteiger partial charge in [0.1, 0.15) is 0 Å². The standard InChI is InChI=1S/C17H18ClNO3S/c1-12(15-4-3-5-16(18)10-15)19-17(20)14-8-6-13(7-9-14)11-23(2,21)22/h3-10,12H,11H2,1-2H3,(H,19,20)/t12-/m1/s1. The number of nitrogens with one attached hydrogen (secondary N) is 1. The quantitative estimate of drug-likeness (QED) is 0.898. The molecule has 0 bridgehead atoms. The Labute approximate surface area is 141 Å². The molecule has 0 saturated heterocycles. The number of amides is 1. The number of hydrogen-bond donors (Lipinski definition) is 1. The Bertz CT molecular complexity index is 801. The van der Waals surface area contributed by atoms with Crippen LogP contribution in [0.1, 0.15) is 34.5 Å². The van der Waals surface area contributed by atoms with Crippen LogP contribution in [0.25, 0.3) is 0 Å². The van der Waals surface area contributed by atoms with Gasteiger partial charge in [-0.05, 0) is 42.3 Å². The number of hydrogen-bond acceptors (Lipinski definition) is 3. The molecule has 122 valence electrons. The van der Waals surface area contributed by atoms with Crippen molar-refractivity contribution in [3.05, 3.63) is 70.2 Å². The highest BCUT2D eigenvalue weighted by Gasteiger charge is 2.12. The number of sulfone groups is 1. The van der Waals surface area contributed by atoms with Crippen molar-refractivity contribution in [3.63, 3.8) is 0 Å². The number of carbonyl (C=O) groups is 1. The summed E-state index contributed by atoms with van der Waals surface area (Å²) in [5.74, 6) is -0.253. The normalized spacial score (nSPS) is 12.7. The Kier molecular flexibility index (Phi) is 5.44. The van der Waals surface area contributed by atoms with Crippen LogP contribution in [0.4, 0.5) is 0 Å². The molecule has 0 saturated carbocycles. The van der Waals surface area contributed by atoms with Crippen LogP contribution in [0, 0.1) is 0 Å². The van der Waals surface area contributed by atoms with Gasteiger partial charge in [0.15, 0.2) is 9.84 Å². The summed E-state index contributed by atoms with van der Waals surface area (Å²) in [5, 5.41) is 3.51. The molecule has 0 radical (unpaired) electrons. The summed E-state index contributed by atoms with van der Waals surface area (Å²) in [6, 6.07) is 13.7. The van der Waals surface area contributed by atoms with Crippen molar-refractivity contribution in [2.75, 3.05) is 6.26 Å². The summed E-state index contributed by atoms with van der Waals surface area (Å²) in [4.78, 5) is 12.2. The first-order valence-electron chi connectivity index (χ1n) is 7.07. The van der Waals surface area contributed by atoms with Gasteiger partial charge in [-0.1, -0.05) is 35.9 Å². The van der Waals surface area contributed by atoms with E-state index in [4.69, 9.17) is 11.6 Å². The van der Waals surface area contributed by atoms with Crippen molar-refractivity contribution in [2.45, 2.75) is 18.7 Å². The van der Waals surface area contributed by atoms with E-state index in [2.05, 4.69) is 5.32 Å². The third-order valence-corrected chi connectivity index (χ3v) is 4.43. The van der Waals surface area contributed by atoms with Gasteiger partial charge in [0.2, 0.25) is 0 Å². The fourth-order valence-corrected chi connectivity index (χ4v) is 3.19. The average Bonchev–Trinajstić information content (AvgIpc) is 2.46. The van der Waals surface area contributed by atoms with Crippen molar-refractivity contribution in [3.8, 4) is 0 Å². The van der Waals surface area contributed by atoms with Gasteiger partial charge in [-0.25, -0.2) is 8.42 Å². The highest BCUT2D eigenvalue weighted by atomic mass is 35.5. The molecule has 6 heteroatoms. The maximum atomic E-state index is 12.2. The molecule has 23 heavy (non-hydrogen) atoms. The minimum atomic E-state index is -3.08. The zero-order chi connectivity index (χ0) is 17.0. The largest absolute Gasteiger partial charge is 0.346 e. The molecule has 0 unspecified atom stereocenters. The van der Waals surface area contributed by atoms with Gasteiger partial charge in [-0.3, -0.25) is 4.79 Å². The number of benzene rings is 2. The van der Waals surface area contributed by atoms with E-state index in [-0.39, 0.29) is 17.7 Å². The molecular weight excluding hydrogens is 334 g/mol. The topological polar surface area (TPSA) is 63.2 Å². The summed E-state index contributed by atoms with van der Waals surface area (Å²) in [6.45, 7) is 1.88. The molecule has 2 aromatic carbocycles. The summed E-state index contributed by atoms with van der Waals surface area (Å²) >= 11 is 5.95. The Hall–Kier alpha value is -1.85. The summed E-state index contributed by atoms with van der Waals surface area (Å²) in [7, 11) is -3.08. The lowest BCUT2D eigenvalue weighted by Crippen LogP contribution is -2.26. The van der Waals surface area contributed by atoms with E-state index >= 15 is 0 Å². The molecule has 1 atom stereocenters. The van der Waals surface area contributed by atoms with Gasteiger partial charge in [-0.15, -0.1) is 0 Å². The van der Waals surface area contributed by atoms with Crippen molar-refractivity contribution < 1.29 is 13.2 Å². The number of carbonyl (C=O) groups excluding carboxylic acids is 1. The maximum Gasteiger partial charge on any atom is 0.251 e. The summed E-state index contributed by atoms with van der Waals surface area (Å²) < 4.78 is 22.5. The van der Waals surface area contributed by atoms with E-state index in [0.717, 1.165) is 5.56 Å². The summed E-state index contributed by atoms with van der Waals surface area (Å²) in [5.41, 5.74) is 2.06. The monoisotopic (exact) mass is 351 g/mol. The van der Waals surface area contributed by atoms with E-state index in [1.165, 1.54) is 6.26 Å². The Morgan fingerprint density at radius 2 is 1.83 bits per heavy atom. The number of rotatable bonds is 5. The second-order valence-corrected chi connectivity index (χ2v) is 8.09. The molecule has 0 aliphatic rings. The summed E-state index contributed by atoms with van der Waals surface area (Å²) in [6.07, 6.45) is 1.18. The predicted octanol–water partition coefficient (Wildman–Crippen LogP) is 3.38. The van der Waals surface area contributed by atoms with Crippen LogP contribution in [0.3, 0.4) is 0 Å². The molecule has 0 aliphatic carbocycles. The van der Waals surface area contributed by atoms with Crippen molar-refractivity contribution in [2.24, 2.45) is 0 Å². The predicted molar refractivity (Wildman–Crippen MR) is 92.3 cm³/mol. The molecular formula is C17H18ClNO3S. The van der Waals surface area contributed by atoms with Crippen LogP contribution < -0.4 is 5.32 Å². The lowest BCUT2D eigenvalue weighted by atomic mass is 10.1. The SMILES string of the molecule is C[C@@H](NC(=O)c1ccc(CS(C)(=O)=O)cc1)c1cccc(Cl)c1. The Balaban J connectivity index is 2.06. The van der Waals surface area contributed by atoms with Crippen molar-refractivity contribution >= 4 is 27.3 Å². The van der Waals surface area contributed by atoms with Crippen LogP contribution in [-0.4, -0.2) is 20.6 Å². The molecule has 2 rings (SSSR count). The van der Waals surface area contributed by atoms with Crippen molar-refractivity contribution in [1.29, 1.82) is 0 Å². The molecule has 4 nitrogen and oxygen atoms in total. The van der Waals surface area contributed by atoms with Gasteiger partial charge < -0.3 is 5.32 Å². The van der Waals surface area contributed by atoms with E-state index in [9.17, 15) is 13.2 Å². The Morgan fingerprint density at radius 1 is 1.17 bits per heavy atom. The maximum absolute atomic E-state index is 12.2. The minimum Gasteiger partial charge on any atom is -0.346 e. The van der Waals surface area contributed by atoms with E-state index in [0.29, 0.717) is 16.1 Å². The second kappa shape index (κ2) is 7.15. The van der Waals surface area contributed by atoms with Gasteiger partial charge in [0.25, 0.3) is 5.91 Å². The zero-order valence-corrected chi connectivity index (χ0v) is 14.5. The first kappa shape index (κ1) is 17.5. The molecule has 0 aromatic heterocycles. The van der Waals surface area contributed by atoms with Crippen LogP contribution in [-0.2, 0) is 15.6 Å². The van der Waals surface area contributed by atoms with Gasteiger partial charge >= 0.3 is 0 Å². The molecule has 0 fully saturated rings. The van der Waals surface area contributed by atoms with E-state index in [1.807, 2.05) is 25.1 Å². The van der Waals surface area contributed by atoms with Crippen LogP contribution in [0.2, 0.25) is 5.02 Å². The van der Waals surface area contributed by atoms with Crippen LogP contribution >= 0.6 is 11.6 Å². The first-order valence-corrected chi connectivity index (χ1v) is 9.51. The molecule has 0 aliphatic heterocycles. The van der Waals surface area contributed by atoms with Crippen LogP contribution in [0.15, 0.2) is 48.5 Å². The zero-order valence-electron chi connectivity index (χ0n) is 12.9. The molecule has 1 amide bonds. The van der Waals surface area contributed by atoms with Gasteiger partial charge in [0.05, 0.1) is 11.8 Å². The molecule has 0 spiro atoms. The lowest BCUT2D eigenvalue weighted by molar-refractivity contribution is 0.0940. The minimum absolute atomic E-state index is 0.0339. The fraction of sp³-hybridized carbons (Fsp3) is 0.235. The lowest BCUT2D eigenvalue weighted by Gasteiger charge is -2.15. The van der Waals surface area contributed by atoms with Crippen LogP contribution in [0.5, 0.6) is 0 Å². The first-order chi connectivity index (χ1) is 10.7. The average molecular weight is 352 g/mol. The number of halogens is 1. The van der Waals surface area contributed by atoms with Gasteiger partial charge in [-0.2, -0.15) is 0 Å². The molecule has 0 heterocycles. The van der Waals surface area contributed by atoms with E-state index in [1.54, 1.807) is 30.3 Å². The van der Waals surface area contributed by atoms with Gasteiger partial charge in [0, 0.05) is 16.8 Å². The molecule has 1 N–H and O–H groups in total. The van der Waals surface area contributed by atoms with E-state index < -0.39 is 9.84 Å². The second-order valence-electron chi connectivity index (χ2n) is 5.52. The highest BCUT2D eigenvalue weighted by Crippen LogP contribution is 2.18. The molecule has 2 aromatic rings. The third-order valence-electron chi connectivity index (χ3n) is 3.34. The Morgan fingerprint density at radius 3 is 2.39 bits per heavy atom. The third kappa shape index (κ3) is 5.37.